The van der Waals surface area contributed by atoms with Crippen LogP contribution in [0.5, 0.6) is 0 Å². The predicted octanol–water partition coefficient (Wildman–Crippen LogP) is 4.94. The molecule has 0 N–H and O–H groups in total. The lowest BCUT2D eigenvalue weighted by Crippen LogP contribution is -2.37. The van der Waals surface area contributed by atoms with E-state index in [2.05, 4.69) is 99.6 Å². The fourth-order valence-corrected chi connectivity index (χ4v) is 6.64. The minimum atomic E-state index is -0.472. The van der Waals surface area contributed by atoms with Crippen molar-refractivity contribution in [2.75, 3.05) is 0 Å². The molecule has 0 aromatic heterocycles. The van der Waals surface area contributed by atoms with Crippen molar-refractivity contribution >= 4 is 23.8 Å². The lowest BCUT2D eigenvalue weighted by atomic mass is 9.72. The number of fused-ring (bicyclic) bond motifs is 2. The van der Waals surface area contributed by atoms with Crippen LogP contribution in [-0.2, 0) is 0 Å². The van der Waals surface area contributed by atoms with E-state index in [-0.39, 0.29) is 5.41 Å². The minimum Gasteiger partial charge on any atom is -0.0622 e. The molecule has 1 aliphatic rings. The Balaban J connectivity index is 2.03. The fourth-order valence-electron chi connectivity index (χ4n) is 3.96. The second-order valence-electron chi connectivity index (χ2n) is 7.59. The van der Waals surface area contributed by atoms with Gasteiger partial charge in [-0.1, -0.05) is 99.6 Å². The first-order chi connectivity index (χ1) is 11.6. The summed E-state index contributed by atoms with van der Waals surface area (Å²) < 4.78 is 0. The van der Waals surface area contributed by atoms with E-state index in [0.717, 1.165) is 0 Å². The molecule has 120 valence electrons. The summed E-state index contributed by atoms with van der Waals surface area (Å²) in [6.45, 7) is 7.09. The summed E-state index contributed by atoms with van der Waals surface area (Å²) in [6, 6.07) is 29.2. The molecule has 1 heteroatoms. The molecule has 0 saturated carbocycles. The minimum absolute atomic E-state index is 0.199. The van der Waals surface area contributed by atoms with Gasteiger partial charge in [-0.25, -0.2) is 0 Å². The molecule has 0 unspecified atom stereocenters. The predicted molar refractivity (Wildman–Crippen MR) is 106 cm³/mol. The van der Waals surface area contributed by atoms with Gasteiger partial charge in [0, 0.05) is 5.92 Å². The number of hydrogen-bond donors (Lipinski definition) is 0. The highest BCUT2D eigenvalue weighted by Gasteiger charge is 2.38. The number of hydrogen-bond acceptors (Lipinski definition) is 0. The molecule has 0 radical (unpaired) electrons. The second kappa shape index (κ2) is 5.87. The van der Waals surface area contributed by atoms with Crippen LogP contribution in [0.15, 0.2) is 78.9 Å². The smallest absolute Gasteiger partial charge is 0.0151 e. The summed E-state index contributed by atoms with van der Waals surface area (Å²) in [4.78, 5) is 0. The van der Waals surface area contributed by atoms with Crippen molar-refractivity contribution in [1.82, 2.24) is 0 Å². The van der Waals surface area contributed by atoms with Crippen LogP contribution in [0, 0.1) is 5.41 Å². The van der Waals surface area contributed by atoms with Gasteiger partial charge in [-0.05, 0) is 40.4 Å². The molecular weight excluding hydrogens is 307 g/mol. The van der Waals surface area contributed by atoms with E-state index in [9.17, 15) is 0 Å². The summed E-state index contributed by atoms with van der Waals surface area (Å²) in [5.41, 5.74) is 3.22. The molecule has 1 aliphatic heterocycles. The lowest BCUT2D eigenvalue weighted by Gasteiger charge is -2.41. The standard InChI is InChI=1S/C23H23P/c1-23(2,3)22-18-13-7-9-15-20(18)24(17-11-5-4-6-12-17)21-16-10-8-14-19(21)22/h4-16,22H,1-3H3. The SMILES string of the molecule is CC(C)(C)C1c2ccccc2P(c2ccccc2)c2ccccc21. The largest absolute Gasteiger partial charge is 0.0622 e. The zero-order chi connectivity index (χ0) is 16.7. The number of benzene rings is 3. The molecule has 0 spiro atoms. The van der Waals surface area contributed by atoms with Crippen molar-refractivity contribution in [3.05, 3.63) is 90.0 Å². The number of rotatable bonds is 1. The molecule has 4 rings (SSSR count). The van der Waals surface area contributed by atoms with Gasteiger partial charge in [0.05, 0.1) is 0 Å². The van der Waals surface area contributed by atoms with Crippen molar-refractivity contribution in [2.45, 2.75) is 26.7 Å². The molecule has 0 atom stereocenters. The van der Waals surface area contributed by atoms with Crippen LogP contribution in [0.4, 0.5) is 0 Å². The van der Waals surface area contributed by atoms with Gasteiger partial charge < -0.3 is 0 Å². The molecule has 0 aliphatic carbocycles. The Bertz CT molecular complexity index is 811. The van der Waals surface area contributed by atoms with Crippen molar-refractivity contribution in [2.24, 2.45) is 5.41 Å². The summed E-state index contributed by atoms with van der Waals surface area (Å²) in [6.07, 6.45) is 0. The zero-order valence-electron chi connectivity index (χ0n) is 14.5. The third-order valence-electron chi connectivity index (χ3n) is 4.86. The van der Waals surface area contributed by atoms with Gasteiger partial charge in [0.25, 0.3) is 0 Å². The van der Waals surface area contributed by atoms with Gasteiger partial charge in [0.1, 0.15) is 0 Å². The van der Waals surface area contributed by atoms with Crippen LogP contribution in [0.2, 0.25) is 0 Å². The Hall–Kier alpha value is -1.91. The van der Waals surface area contributed by atoms with Gasteiger partial charge >= 0.3 is 0 Å². The van der Waals surface area contributed by atoms with Crippen molar-refractivity contribution in [1.29, 1.82) is 0 Å². The summed E-state index contributed by atoms with van der Waals surface area (Å²) in [5.74, 6) is 0.451. The highest BCUT2D eigenvalue weighted by molar-refractivity contribution is 7.80. The molecule has 0 bridgehead atoms. The van der Waals surface area contributed by atoms with Crippen molar-refractivity contribution in [3.63, 3.8) is 0 Å². The first-order valence-corrected chi connectivity index (χ1v) is 9.94. The van der Waals surface area contributed by atoms with Gasteiger partial charge in [-0.15, -0.1) is 0 Å². The average molecular weight is 330 g/mol. The van der Waals surface area contributed by atoms with Crippen LogP contribution in [0.3, 0.4) is 0 Å². The topological polar surface area (TPSA) is 0 Å². The second-order valence-corrected chi connectivity index (χ2v) is 9.74. The molecule has 0 nitrogen and oxygen atoms in total. The molecule has 0 fully saturated rings. The Morgan fingerprint density at radius 2 is 1.08 bits per heavy atom. The molecule has 0 amide bonds. The van der Waals surface area contributed by atoms with E-state index >= 15 is 0 Å². The molecular formula is C23H23P. The molecule has 24 heavy (non-hydrogen) atoms. The maximum absolute atomic E-state index is 2.36. The van der Waals surface area contributed by atoms with E-state index in [1.807, 2.05) is 0 Å². The van der Waals surface area contributed by atoms with Crippen LogP contribution >= 0.6 is 7.92 Å². The monoisotopic (exact) mass is 330 g/mol. The van der Waals surface area contributed by atoms with E-state index in [1.165, 1.54) is 27.0 Å². The van der Waals surface area contributed by atoms with Gasteiger partial charge in [-0.2, -0.15) is 0 Å². The highest BCUT2D eigenvalue weighted by Crippen LogP contribution is 2.49. The third-order valence-corrected chi connectivity index (χ3v) is 7.45. The molecule has 3 aromatic carbocycles. The van der Waals surface area contributed by atoms with Crippen LogP contribution in [0.1, 0.15) is 37.8 Å². The summed E-state index contributed by atoms with van der Waals surface area (Å²) >= 11 is 0. The Morgan fingerprint density at radius 1 is 0.625 bits per heavy atom. The normalized spacial score (nSPS) is 19.5. The Labute approximate surface area is 146 Å². The highest BCUT2D eigenvalue weighted by atomic mass is 31.1. The quantitative estimate of drug-likeness (QED) is 0.555. The Morgan fingerprint density at radius 3 is 1.58 bits per heavy atom. The van der Waals surface area contributed by atoms with Gasteiger partial charge in [-0.3, -0.25) is 0 Å². The van der Waals surface area contributed by atoms with Crippen LogP contribution in [0.25, 0.3) is 0 Å². The third kappa shape index (κ3) is 2.50. The van der Waals surface area contributed by atoms with E-state index < -0.39 is 7.92 Å². The Kier molecular flexibility index (Phi) is 3.82. The van der Waals surface area contributed by atoms with Crippen molar-refractivity contribution in [3.8, 4) is 0 Å². The van der Waals surface area contributed by atoms with Gasteiger partial charge in [0.2, 0.25) is 0 Å². The first kappa shape index (κ1) is 15.6. The summed E-state index contributed by atoms with van der Waals surface area (Å²) in [7, 11) is -0.472. The van der Waals surface area contributed by atoms with Gasteiger partial charge in [0.15, 0.2) is 0 Å². The van der Waals surface area contributed by atoms with Crippen LogP contribution < -0.4 is 15.9 Å². The summed E-state index contributed by atoms with van der Waals surface area (Å²) in [5, 5.41) is 4.49. The maximum Gasteiger partial charge on any atom is 0.0151 e. The fraction of sp³-hybridized carbons (Fsp3) is 0.217. The molecule has 3 aromatic rings. The van der Waals surface area contributed by atoms with E-state index in [4.69, 9.17) is 0 Å². The van der Waals surface area contributed by atoms with Crippen molar-refractivity contribution < 1.29 is 0 Å². The van der Waals surface area contributed by atoms with E-state index in [0.29, 0.717) is 5.92 Å². The maximum atomic E-state index is 2.36. The van der Waals surface area contributed by atoms with Crippen LogP contribution in [-0.4, -0.2) is 0 Å². The molecule has 1 heterocycles. The van der Waals surface area contributed by atoms with E-state index in [1.54, 1.807) is 0 Å². The lowest BCUT2D eigenvalue weighted by molar-refractivity contribution is 0.360. The average Bonchev–Trinajstić information content (AvgIpc) is 2.59. The first-order valence-electron chi connectivity index (χ1n) is 8.60. The zero-order valence-corrected chi connectivity index (χ0v) is 15.4. The molecule has 0 saturated heterocycles.